The van der Waals surface area contributed by atoms with Gasteiger partial charge in [-0.1, -0.05) is 31.4 Å². The molecule has 1 amide bonds. The SMILES string of the molecule is COc1ccc(-c2nc3c(C(=O)NC(CC(=O)O)c4ccc(F)cc4)cccn3c2NC2CCCCC2)cc1[N+](=O)[O-]. The molecule has 0 bridgehead atoms. The molecule has 1 aliphatic carbocycles. The highest BCUT2D eigenvalue weighted by Crippen LogP contribution is 2.37. The number of anilines is 1. The minimum absolute atomic E-state index is 0.111. The van der Waals surface area contributed by atoms with E-state index in [0.717, 1.165) is 32.1 Å². The van der Waals surface area contributed by atoms with E-state index in [0.29, 0.717) is 22.6 Å². The molecule has 1 unspecified atom stereocenters. The molecule has 42 heavy (non-hydrogen) atoms. The number of nitrogens with one attached hydrogen (secondary N) is 2. The summed E-state index contributed by atoms with van der Waals surface area (Å²) in [6.45, 7) is 0. The highest BCUT2D eigenvalue weighted by Gasteiger charge is 2.26. The van der Waals surface area contributed by atoms with E-state index in [1.165, 1.54) is 43.5 Å². The summed E-state index contributed by atoms with van der Waals surface area (Å²) in [6, 6.07) is 12.3. The van der Waals surface area contributed by atoms with Crippen molar-refractivity contribution in [3.05, 3.63) is 87.9 Å². The van der Waals surface area contributed by atoms with Gasteiger partial charge < -0.3 is 20.5 Å². The number of fused-ring (bicyclic) bond motifs is 1. The van der Waals surface area contributed by atoms with Crippen LogP contribution in [0.4, 0.5) is 15.9 Å². The molecular weight excluding hydrogens is 545 g/mol. The van der Waals surface area contributed by atoms with Gasteiger partial charge >= 0.3 is 11.7 Å². The third-order valence-electron chi connectivity index (χ3n) is 7.45. The van der Waals surface area contributed by atoms with Gasteiger partial charge in [-0.15, -0.1) is 0 Å². The van der Waals surface area contributed by atoms with Gasteiger partial charge in [0.25, 0.3) is 5.91 Å². The van der Waals surface area contributed by atoms with Gasteiger partial charge in [0.2, 0.25) is 0 Å². The van der Waals surface area contributed by atoms with Gasteiger partial charge in [0.15, 0.2) is 11.4 Å². The number of pyridine rings is 1. The number of methoxy groups -OCH3 is 1. The second-order valence-electron chi connectivity index (χ2n) is 10.2. The number of aliphatic carboxylic acids is 1. The van der Waals surface area contributed by atoms with Crippen LogP contribution in [0, 0.1) is 15.9 Å². The Balaban J connectivity index is 1.59. The lowest BCUT2D eigenvalue weighted by Crippen LogP contribution is -2.30. The van der Waals surface area contributed by atoms with Crippen LogP contribution in [0.1, 0.15) is 60.5 Å². The Bertz CT molecular complexity index is 1630. The fourth-order valence-electron chi connectivity index (χ4n) is 5.36. The number of hydrogen-bond acceptors (Lipinski definition) is 7. The summed E-state index contributed by atoms with van der Waals surface area (Å²) in [7, 11) is 1.36. The smallest absolute Gasteiger partial charge is 0.311 e. The molecule has 2 heterocycles. The predicted octanol–water partition coefficient (Wildman–Crippen LogP) is 5.75. The summed E-state index contributed by atoms with van der Waals surface area (Å²) in [5, 5.41) is 27.6. The average Bonchev–Trinajstić information content (AvgIpc) is 3.35. The van der Waals surface area contributed by atoms with E-state index in [9.17, 15) is 29.2 Å². The van der Waals surface area contributed by atoms with Crippen molar-refractivity contribution in [2.45, 2.75) is 50.6 Å². The van der Waals surface area contributed by atoms with Crippen molar-refractivity contribution < 1.29 is 28.7 Å². The monoisotopic (exact) mass is 575 g/mol. The van der Waals surface area contributed by atoms with E-state index in [4.69, 9.17) is 9.72 Å². The van der Waals surface area contributed by atoms with Crippen LogP contribution in [0.5, 0.6) is 5.75 Å². The van der Waals surface area contributed by atoms with Crippen LogP contribution in [0.25, 0.3) is 16.9 Å². The third kappa shape index (κ3) is 6.02. The number of hydrogen-bond donors (Lipinski definition) is 3. The van der Waals surface area contributed by atoms with Crippen LogP contribution >= 0.6 is 0 Å². The minimum atomic E-state index is -1.13. The lowest BCUT2D eigenvalue weighted by Gasteiger charge is -2.24. The molecular formula is C30H30FN5O6. The number of nitrogens with zero attached hydrogens (tertiary/aromatic N) is 3. The molecule has 0 aliphatic heterocycles. The summed E-state index contributed by atoms with van der Waals surface area (Å²) in [6.07, 6.45) is 6.52. The second-order valence-corrected chi connectivity index (χ2v) is 10.2. The number of carboxylic acid groups (broad SMARTS) is 1. The first-order chi connectivity index (χ1) is 20.2. The number of halogens is 1. The van der Waals surface area contributed by atoms with Gasteiger partial charge in [-0.2, -0.15) is 0 Å². The molecule has 2 aromatic carbocycles. The van der Waals surface area contributed by atoms with Crippen LogP contribution < -0.4 is 15.4 Å². The van der Waals surface area contributed by atoms with Crippen LogP contribution in [-0.4, -0.2) is 44.4 Å². The zero-order valence-corrected chi connectivity index (χ0v) is 22.9. The van der Waals surface area contributed by atoms with E-state index in [2.05, 4.69) is 10.6 Å². The first-order valence-corrected chi connectivity index (χ1v) is 13.6. The van der Waals surface area contributed by atoms with E-state index < -0.39 is 35.1 Å². The first-order valence-electron chi connectivity index (χ1n) is 13.6. The molecule has 2 aromatic heterocycles. The Kier molecular flexibility index (Phi) is 8.32. The van der Waals surface area contributed by atoms with Crippen molar-refractivity contribution in [3.8, 4) is 17.0 Å². The number of imidazole rings is 1. The summed E-state index contributed by atoms with van der Waals surface area (Å²) in [5.41, 5.74) is 1.57. The molecule has 5 rings (SSSR count). The number of amides is 1. The predicted molar refractivity (Wildman–Crippen MR) is 153 cm³/mol. The summed E-state index contributed by atoms with van der Waals surface area (Å²) in [5.74, 6) is -1.49. The van der Waals surface area contributed by atoms with Crippen LogP contribution in [-0.2, 0) is 4.79 Å². The van der Waals surface area contributed by atoms with E-state index in [1.807, 2.05) is 0 Å². The highest BCUT2D eigenvalue weighted by atomic mass is 19.1. The number of aromatic nitrogens is 2. The van der Waals surface area contributed by atoms with Crippen molar-refractivity contribution in [3.63, 3.8) is 0 Å². The molecule has 1 fully saturated rings. The number of rotatable bonds is 10. The topological polar surface area (TPSA) is 148 Å². The molecule has 0 radical (unpaired) electrons. The van der Waals surface area contributed by atoms with Crippen LogP contribution in [0.2, 0.25) is 0 Å². The molecule has 11 nitrogen and oxygen atoms in total. The molecule has 0 spiro atoms. The standard InChI is InChI=1S/C30H30FN5O6/c1-42-25-14-11-19(16-24(25)36(40)41)27-29(32-21-6-3-2-4-7-21)35-15-5-8-22(28(35)34-27)30(39)33-23(17-26(37)38)18-9-12-20(31)13-10-18/h5,8-16,21,23,32H,2-4,6-7,17H2,1H3,(H,33,39)(H,37,38). The molecule has 1 aliphatic rings. The maximum absolute atomic E-state index is 13.6. The number of nitro benzene ring substituents is 1. The molecule has 4 aromatic rings. The van der Waals surface area contributed by atoms with Crippen molar-refractivity contribution in [2.75, 3.05) is 12.4 Å². The summed E-state index contributed by atoms with van der Waals surface area (Å²) >= 11 is 0. The van der Waals surface area contributed by atoms with Crippen molar-refractivity contribution >= 4 is 29.0 Å². The Morgan fingerprint density at radius 2 is 1.90 bits per heavy atom. The molecule has 0 saturated heterocycles. The van der Waals surface area contributed by atoms with Crippen LogP contribution in [0.15, 0.2) is 60.8 Å². The molecule has 1 atom stereocenters. The Hall–Kier alpha value is -5.00. The van der Waals surface area contributed by atoms with E-state index in [1.54, 1.807) is 28.8 Å². The molecule has 1 saturated carbocycles. The number of nitro groups is 1. The number of benzene rings is 2. The van der Waals surface area contributed by atoms with Gasteiger partial charge in [0, 0.05) is 23.9 Å². The normalized spacial score (nSPS) is 14.3. The zero-order valence-electron chi connectivity index (χ0n) is 22.9. The number of carboxylic acids is 1. The molecule has 218 valence electrons. The Labute approximate surface area is 240 Å². The number of carbonyl (C=O) groups excluding carboxylic acids is 1. The zero-order chi connectivity index (χ0) is 29.8. The van der Waals surface area contributed by atoms with Crippen molar-refractivity contribution in [2.24, 2.45) is 0 Å². The average molecular weight is 576 g/mol. The van der Waals surface area contributed by atoms with Crippen molar-refractivity contribution in [1.82, 2.24) is 14.7 Å². The lowest BCUT2D eigenvalue weighted by atomic mass is 9.95. The fraction of sp³-hybridized carbons (Fsp3) is 0.300. The van der Waals surface area contributed by atoms with Crippen molar-refractivity contribution in [1.29, 1.82) is 0 Å². The summed E-state index contributed by atoms with van der Waals surface area (Å²) in [4.78, 5) is 41.2. The van der Waals surface area contributed by atoms with Gasteiger partial charge in [0.1, 0.15) is 17.3 Å². The largest absolute Gasteiger partial charge is 0.490 e. The fourth-order valence-corrected chi connectivity index (χ4v) is 5.36. The summed E-state index contributed by atoms with van der Waals surface area (Å²) < 4.78 is 20.4. The van der Waals surface area contributed by atoms with E-state index in [-0.39, 0.29) is 28.7 Å². The van der Waals surface area contributed by atoms with E-state index >= 15 is 0 Å². The van der Waals surface area contributed by atoms with Gasteiger partial charge in [-0.05, 0) is 54.8 Å². The van der Waals surface area contributed by atoms with Crippen LogP contribution in [0.3, 0.4) is 0 Å². The Morgan fingerprint density at radius 1 is 1.17 bits per heavy atom. The van der Waals surface area contributed by atoms with Gasteiger partial charge in [0.05, 0.1) is 30.1 Å². The second kappa shape index (κ2) is 12.2. The van der Waals surface area contributed by atoms with Gasteiger partial charge in [-0.25, -0.2) is 9.37 Å². The maximum Gasteiger partial charge on any atom is 0.311 e. The maximum atomic E-state index is 13.6. The highest BCUT2D eigenvalue weighted by molar-refractivity contribution is 6.01. The lowest BCUT2D eigenvalue weighted by molar-refractivity contribution is -0.385. The third-order valence-corrected chi connectivity index (χ3v) is 7.45. The first kappa shape index (κ1) is 28.5. The molecule has 12 heteroatoms. The Morgan fingerprint density at radius 3 is 2.57 bits per heavy atom. The number of ether oxygens (including phenoxy) is 1. The van der Waals surface area contributed by atoms with Gasteiger partial charge in [-0.3, -0.25) is 24.1 Å². The number of carbonyl (C=O) groups is 2. The quantitative estimate of drug-likeness (QED) is 0.160. The molecule has 3 N–H and O–H groups in total. The minimum Gasteiger partial charge on any atom is -0.490 e.